The highest BCUT2D eigenvalue weighted by molar-refractivity contribution is 5.74. The molecule has 122 valence electrons. The zero-order valence-corrected chi connectivity index (χ0v) is 13.6. The van der Waals surface area contributed by atoms with E-state index in [2.05, 4.69) is 24.2 Å². The first kappa shape index (κ1) is 14.6. The molecule has 1 amide bonds. The first-order valence-corrected chi connectivity index (χ1v) is 8.50. The van der Waals surface area contributed by atoms with Crippen LogP contribution in [0, 0.1) is 0 Å². The molecule has 3 heterocycles. The molecular formula is C17H23N5O. The number of aromatic nitrogens is 3. The standard InChI is InChI=1S/C17H23N5O/c1-13(23)22(14-5-6-14)12-15-4-2-8-20(15)11-16-10-19-17-18-7-3-9-21(16)17/h3,7,9-10,14-15H,2,4-6,8,11-12H2,1H3/t15-/m0/s1. The molecule has 0 unspecified atom stereocenters. The van der Waals surface area contributed by atoms with E-state index in [1.165, 1.54) is 31.4 Å². The number of carbonyl (C=O) groups excluding carboxylic acids is 1. The molecule has 2 aliphatic rings. The van der Waals surface area contributed by atoms with E-state index >= 15 is 0 Å². The molecule has 0 bridgehead atoms. The van der Waals surface area contributed by atoms with Crippen molar-refractivity contribution >= 4 is 11.7 Å². The quantitative estimate of drug-likeness (QED) is 0.843. The normalized spacial score (nSPS) is 21.9. The van der Waals surface area contributed by atoms with Gasteiger partial charge in [0.15, 0.2) is 0 Å². The van der Waals surface area contributed by atoms with Crippen molar-refractivity contribution in [1.82, 2.24) is 24.2 Å². The highest BCUT2D eigenvalue weighted by Gasteiger charge is 2.35. The van der Waals surface area contributed by atoms with Crippen molar-refractivity contribution in [3.8, 4) is 0 Å². The molecule has 0 spiro atoms. The number of carbonyl (C=O) groups is 1. The molecule has 1 atom stereocenters. The zero-order chi connectivity index (χ0) is 15.8. The topological polar surface area (TPSA) is 53.7 Å². The second-order valence-corrected chi connectivity index (χ2v) is 6.71. The summed E-state index contributed by atoms with van der Waals surface area (Å²) < 4.78 is 2.05. The summed E-state index contributed by atoms with van der Waals surface area (Å²) >= 11 is 0. The number of nitrogens with zero attached hydrogens (tertiary/aromatic N) is 5. The van der Waals surface area contributed by atoms with E-state index < -0.39 is 0 Å². The van der Waals surface area contributed by atoms with Crippen molar-refractivity contribution in [2.75, 3.05) is 13.1 Å². The van der Waals surface area contributed by atoms with Gasteiger partial charge in [0, 0.05) is 44.5 Å². The van der Waals surface area contributed by atoms with Gasteiger partial charge in [-0.2, -0.15) is 0 Å². The van der Waals surface area contributed by atoms with E-state index in [0.717, 1.165) is 25.4 Å². The molecule has 2 aromatic rings. The van der Waals surface area contributed by atoms with Crippen LogP contribution < -0.4 is 0 Å². The molecule has 0 aromatic carbocycles. The van der Waals surface area contributed by atoms with Crippen LogP contribution in [0.5, 0.6) is 0 Å². The van der Waals surface area contributed by atoms with Gasteiger partial charge in [-0.05, 0) is 38.3 Å². The van der Waals surface area contributed by atoms with Gasteiger partial charge in [-0.3, -0.25) is 14.1 Å². The lowest BCUT2D eigenvalue weighted by Crippen LogP contribution is -2.43. The van der Waals surface area contributed by atoms with Crippen LogP contribution in [0.1, 0.15) is 38.3 Å². The van der Waals surface area contributed by atoms with Crippen LogP contribution in [0.4, 0.5) is 0 Å². The lowest BCUT2D eigenvalue weighted by molar-refractivity contribution is -0.130. The van der Waals surface area contributed by atoms with Gasteiger partial charge in [0.2, 0.25) is 11.7 Å². The number of amides is 1. The molecule has 2 fully saturated rings. The zero-order valence-electron chi connectivity index (χ0n) is 13.6. The molecule has 1 saturated carbocycles. The largest absolute Gasteiger partial charge is 0.338 e. The average molecular weight is 313 g/mol. The molecular weight excluding hydrogens is 290 g/mol. The Kier molecular flexibility index (Phi) is 3.77. The average Bonchev–Trinajstić information content (AvgIpc) is 3.16. The summed E-state index contributed by atoms with van der Waals surface area (Å²) in [6.45, 7) is 4.53. The Morgan fingerprint density at radius 2 is 2.22 bits per heavy atom. The fraction of sp³-hybridized carbons (Fsp3) is 0.588. The summed E-state index contributed by atoms with van der Waals surface area (Å²) in [5.41, 5.74) is 1.17. The molecule has 1 saturated heterocycles. The van der Waals surface area contributed by atoms with Crippen LogP contribution in [-0.4, -0.2) is 55.2 Å². The van der Waals surface area contributed by atoms with Gasteiger partial charge >= 0.3 is 0 Å². The van der Waals surface area contributed by atoms with Crippen LogP contribution >= 0.6 is 0 Å². The summed E-state index contributed by atoms with van der Waals surface area (Å²) in [5.74, 6) is 0.972. The van der Waals surface area contributed by atoms with Crippen molar-refractivity contribution in [3.63, 3.8) is 0 Å². The second-order valence-electron chi connectivity index (χ2n) is 6.71. The fourth-order valence-electron chi connectivity index (χ4n) is 3.66. The maximum atomic E-state index is 11.9. The highest BCUT2D eigenvalue weighted by Crippen LogP contribution is 2.29. The van der Waals surface area contributed by atoms with E-state index in [9.17, 15) is 4.79 Å². The summed E-state index contributed by atoms with van der Waals surface area (Å²) in [5, 5.41) is 0. The van der Waals surface area contributed by atoms with Crippen LogP contribution in [0.3, 0.4) is 0 Å². The molecule has 1 aliphatic carbocycles. The Hall–Kier alpha value is -1.95. The number of likely N-dealkylation sites (tertiary alicyclic amines) is 1. The van der Waals surface area contributed by atoms with Crippen LogP contribution in [0.25, 0.3) is 5.78 Å². The molecule has 0 radical (unpaired) electrons. The maximum absolute atomic E-state index is 11.9. The molecule has 2 aromatic heterocycles. The molecule has 4 rings (SSSR count). The Bertz CT molecular complexity index is 708. The molecule has 1 aliphatic heterocycles. The van der Waals surface area contributed by atoms with Gasteiger partial charge in [-0.25, -0.2) is 9.97 Å². The first-order valence-electron chi connectivity index (χ1n) is 8.50. The minimum absolute atomic E-state index is 0.221. The summed E-state index contributed by atoms with van der Waals surface area (Å²) in [7, 11) is 0. The third-order valence-corrected chi connectivity index (χ3v) is 5.03. The lowest BCUT2D eigenvalue weighted by atomic mass is 10.2. The van der Waals surface area contributed by atoms with E-state index in [4.69, 9.17) is 0 Å². The van der Waals surface area contributed by atoms with E-state index in [1.54, 1.807) is 13.1 Å². The minimum atomic E-state index is 0.221. The van der Waals surface area contributed by atoms with Gasteiger partial charge in [0.05, 0.1) is 11.9 Å². The predicted octanol–water partition coefficient (Wildman–Crippen LogP) is 1.70. The van der Waals surface area contributed by atoms with Gasteiger partial charge in [-0.1, -0.05) is 0 Å². The lowest BCUT2D eigenvalue weighted by Gasteiger charge is -2.30. The fourth-order valence-corrected chi connectivity index (χ4v) is 3.66. The monoisotopic (exact) mass is 313 g/mol. The molecule has 23 heavy (non-hydrogen) atoms. The number of rotatable bonds is 5. The van der Waals surface area contributed by atoms with E-state index in [-0.39, 0.29) is 5.91 Å². The Balaban J connectivity index is 1.48. The third kappa shape index (κ3) is 2.95. The predicted molar refractivity (Wildman–Crippen MR) is 86.8 cm³/mol. The van der Waals surface area contributed by atoms with Gasteiger partial charge in [0.1, 0.15) is 0 Å². The molecule has 6 nitrogen and oxygen atoms in total. The Morgan fingerprint density at radius 3 is 3.00 bits per heavy atom. The summed E-state index contributed by atoms with van der Waals surface area (Å²) in [4.78, 5) is 25.1. The van der Waals surface area contributed by atoms with Crippen LogP contribution in [-0.2, 0) is 11.3 Å². The minimum Gasteiger partial charge on any atom is -0.338 e. The van der Waals surface area contributed by atoms with Crippen LogP contribution in [0.2, 0.25) is 0 Å². The number of hydrogen-bond donors (Lipinski definition) is 0. The van der Waals surface area contributed by atoms with Crippen LogP contribution in [0.15, 0.2) is 24.7 Å². The smallest absolute Gasteiger partial charge is 0.233 e. The summed E-state index contributed by atoms with van der Waals surface area (Å²) in [6, 6.07) is 2.89. The van der Waals surface area contributed by atoms with Crippen molar-refractivity contribution in [2.24, 2.45) is 0 Å². The van der Waals surface area contributed by atoms with Crippen molar-refractivity contribution < 1.29 is 4.79 Å². The summed E-state index contributed by atoms with van der Waals surface area (Å²) in [6.07, 6.45) is 10.4. The molecule has 6 heteroatoms. The van der Waals surface area contributed by atoms with Gasteiger partial charge < -0.3 is 4.90 Å². The number of imidazole rings is 1. The van der Waals surface area contributed by atoms with Crippen molar-refractivity contribution in [2.45, 2.75) is 51.2 Å². The first-order chi connectivity index (χ1) is 11.2. The van der Waals surface area contributed by atoms with Gasteiger partial charge in [-0.15, -0.1) is 0 Å². The third-order valence-electron chi connectivity index (χ3n) is 5.03. The Labute approximate surface area is 136 Å². The molecule has 0 N–H and O–H groups in total. The van der Waals surface area contributed by atoms with Crippen molar-refractivity contribution in [1.29, 1.82) is 0 Å². The number of fused-ring (bicyclic) bond motifs is 1. The van der Waals surface area contributed by atoms with Gasteiger partial charge in [0.25, 0.3) is 0 Å². The second kappa shape index (κ2) is 5.92. The van der Waals surface area contributed by atoms with Crippen molar-refractivity contribution in [3.05, 3.63) is 30.4 Å². The van der Waals surface area contributed by atoms with E-state index in [0.29, 0.717) is 12.1 Å². The maximum Gasteiger partial charge on any atom is 0.233 e. The Morgan fingerprint density at radius 1 is 1.35 bits per heavy atom. The SMILES string of the molecule is CC(=O)N(C[C@@H]1CCCN1Cc1cnc2ncccn12)C1CC1. The van der Waals surface area contributed by atoms with E-state index in [1.807, 2.05) is 18.5 Å². The highest BCUT2D eigenvalue weighted by atomic mass is 16.2. The number of hydrogen-bond acceptors (Lipinski definition) is 4.